The summed E-state index contributed by atoms with van der Waals surface area (Å²) in [6.07, 6.45) is 3.20. The van der Waals surface area contributed by atoms with E-state index >= 15 is 0 Å². The summed E-state index contributed by atoms with van der Waals surface area (Å²) in [4.78, 5) is 25.3. The predicted octanol–water partition coefficient (Wildman–Crippen LogP) is 2.04. The van der Waals surface area contributed by atoms with Crippen molar-refractivity contribution in [2.24, 2.45) is 5.92 Å². The summed E-state index contributed by atoms with van der Waals surface area (Å²) in [7, 11) is 0. The first-order chi connectivity index (χ1) is 12.4. The summed E-state index contributed by atoms with van der Waals surface area (Å²) in [5.74, 6) is -0.305. The molecule has 1 aromatic rings. The molecule has 1 aromatic carbocycles. The van der Waals surface area contributed by atoms with Gasteiger partial charge in [-0.05, 0) is 62.8 Å². The van der Waals surface area contributed by atoms with Crippen LogP contribution in [0.1, 0.15) is 32.6 Å². The quantitative estimate of drug-likeness (QED) is 0.701. The van der Waals surface area contributed by atoms with E-state index in [2.05, 4.69) is 5.32 Å². The van der Waals surface area contributed by atoms with E-state index in [-0.39, 0.29) is 30.4 Å². The Bertz CT molecular complexity index is 641. The lowest BCUT2D eigenvalue weighted by atomic mass is 9.85. The summed E-state index contributed by atoms with van der Waals surface area (Å²) < 4.78 is 18.4. The van der Waals surface area contributed by atoms with E-state index in [1.165, 1.54) is 37.1 Å². The average molecular weight is 364 g/mol. The number of nitrogens with one attached hydrogen (secondary N) is 1. The van der Waals surface area contributed by atoms with Gasteiger partial charge in [0.1, 0.15) is 11.6 Å². The maximum Gasteiger partial charge on any atom is 0.317 e. The molecule has 2 aliphatic rings. The van der Waals surface area contributed by atoms with Crippen LogP contribution in [-0.2, 0) is 9.59 Å². The third kappa shape index (κ3) is 5.17. The lowest BCUT2D eigenvalue weighted by Crippen LogP contribution is -2.56. The van der Waals surface area contributed by atoms with Crippen molar-refractivity contribution in [2.75, 3.05) is 13.1 Å². The highest BCUT2D eigenvalue weighted by atomic mass is 19.1. The first-order valence-corrected chi connectivity index (χ1v) is 9.09. The van der Waals surface area contributed by atoms with E-state index in [0.717, 1.165) is 19.4 Å². The number of ether oxygens (including phenoxy) is 1. The van der Waals surface area contributed by atoms with Crippen LogP contribution < -0.4 is 10.1 Å². The number of hydrogen-bond acceptors (Lipinski definition) is 4. The topological polar surface area (TPSA) is 78.9 Å². The van der Waals surface area contributed by atoms with E-state index in [1.54, 1.807) is 6.92 Å². The Balaban J connectivity index is 1.42. The highest BCUT2D eigenvalue weighted by Gasteiger charge is 2.38. The zero-order chi connectivity index (χ0) is 18.7. The summed E-state index contributed by atoms with van der Waals surface area (Å²) in [6, 6.07) is 5.80. The van der Waals surface area contributed by atoms with Gasteiger partial charge in [0.2, 0.25) is 0 Å². The van der Waals surface area contributed by atoms with Crippen molar-refractivity contribution >= 4 is 11.9 Å². The van der Waals surface area contributed by atoms with Crippen molar-refractivity contribution in [1.29, 1.82) is 0 Å². The number of carbonyl (C=O) groups excluding carboxylic acids is 1. The molecule has 0 spiro atoms. The van der Waals surface area contributed by atoms with E-state index in [0.29, 0.717) is 11.7 Å². The number of aliphatic carboxylic acids is 1. The van der Waals surface area contributed by atoms with Crippen molar-refractivity contribution in [3.63, 3.8) is 0 Å². The van der Waals surface area contributed by atoms with Crippen molar-refractivity contribution < 1.29 is 23.8 Å². The van der Waals surface area contributed by atoms with Gasteiger partial charge in [-0.1, -0.05) is 0 Å². The normalized spacial score (nSPS) is 23.2. The van der Waals surface area contributed by atoms with Gasteiger partial charge >= 0.3 is 5.97 Å². The number of rotatable bonds is 9. The summed E-state index contributed by atoms with van der Waals surface area (Å²) in [6.45, 7) is 2.55. The van der Waals surface area contributed by atoms with Gasteiger partial charge in [0.05, 0.1) is 6.54 Å². The second kappa shape index (κ2) is 8.03. The maximum atomic E-state index is 12.9. The minimum Gasteiger partial charge on any atom is -0.481 e. The molecule has 0 saturated heterocycles. The van der Waals surface area contributed by atoms with Crippen LogP contribution in [0.2, 0.25) is 0 Å². The Labute approximate surface area is 152 Å². The van der Waals surface area contributed by atoms with E-state index in [9.17, 15) is 14.0 Å². The molecule has 7 heteroatoms. The molecule has 6 nitrogen and oxygen atoms in total. The second-order valence-corrected chi connectivity index (χ2v) is 7.31. The fourth-order valence-electron chi connectivity index (χ4n) is 3.24. The minimum atomic E-state index is -0.806. The molecular formula is C19H25FN2O4. The number of halogens is 1. The van der Waals surface area contributed by atoms with Gasteiger partial charge < -0.3 is 15.2 Å². The molecule has 3 rings (SSSR count). The molecule has 1 amide bonds. The zero-order valence-corrected chi connectivity index (χ0v) is 14.9. The molecule has 0 aromatic heterocycles. The number of carboxylic acids is 1. The largest absolute Gasteiger partial charge is 0.481 e. The Morgan fingerprint density at radius 3 is 2.54 bits per heavy atom. The maximum absolute atomic E-state index is 12.9. The Hall–Kier alpha value is -2.15. The highest BCUT2D eigenvalue weighted by molar-refractivity contribution is 5.81. The van der Waals surface area contributed by atoms with Crippen LogP contribution in [-0.4, -0.2) is 53.2 Å². The third-order valence-corrected chi connectivity index (χ3v) is 5.00. The molecule has 2 N–H and O–H groups in total. The van der Waals surface area contributed by atoms with E-state index < -0.39 is 12.1 Å². The van der Waals surface area contributed by atoms with Gasteiger partial charge in [-0.2, -0.15) is 0 Å². The summed E-state index contributed by atoms with van der Waals surface area (Å²) in [5.41, 5.74) is 0. The standard InChI is InChI=1S/C19H25FN2O4/c1-12(26-17-6-4-14(20)5-7-17)19(25)21-15-8-16(9-15)22(11-18(23)24)10-13-2-3-13/h4-7,12-13,15-16H,2-3,8-11H2,1H3,(H,21,25)(H,23,24). The monoisotopic (exact) mass is 364 g/mol. The third-order valence-electron chi connectivity index (χ3n) is 5.00. The summed E-state index contributed by atoms with van der Waals surface area (Å²) >= 11 is 0. The molecule has 0 aliphatic heterocycles. The average Bonchev–Trinajstić information content (AvgIpc) is 3.35. The fourth-order valence-corrected chi connectivity index (χ4v) is 3.24. The van der Waals surface area contributed by atoms with Crippen LogP contribution in [0, 0.1) is 11.7 Å². The Kier molecular flexibility index (Phi) is 5.76. The smallest absolute Gasteiger partial charge is 0.317 e. The molecule has 2 aliphatic carbocycles. The van der Waals surface area contributed by atoms with Gasteiger partial charge in [-0.3, -0.25) is 14.5 Å². The lowest BCUT2D eigenvalue weighted by molar-refractivity contribution is -0.140. The minimum absolute atomic E-state index is 0.0438. The van der Waals surface area contributed by atoms with Crippen LogP contribution in [0.3, 0.4) is 0 Å². The first kappa shape index (κ1) is 18.6. The van der Waals surface area contributed by atoms with Gasteiger partial charge in [0.15, 0.2) is 6.10 Å². The molecule has 26 heavy (non-hydrogen) atoms. The van der Waals surface area contributed by atoms with Gasteiger partial charge in [0.25, 0.3) is 5.91 Å². The molecule has 0 radical (unpaired) electrons. The Morgan fingerprint density at radius 2 is 1.96 bits per heavy atom. The molecule has 142 valence electrons. The van der Waals surface area contributed by atoms with Gasteiger partial charge in [-0.25, -0.2) is 4.39 Å². The summed E-state index contributed by atoms with van der Waals surface area (Å²) in [5, 5.41) is 12.0. The molecule has 2 fully saturated rings. The number of benzene rings is 1. The number of carbonyl (C=O) groups is 2. The van der Waals surface area contributed by atoms with Crippen LogP contribution in [0.25, 0.3) is 0 Å². The predicted molar refractivity (Wildman–Crippen MR) is 93.4 cm³/mol. The highest BCUT2D eigenvalue weighted by Crippen LogP contribution is 2.33. The lowest BCUT2D eigenvalue weighted by Gasteiger charge is -2.43. The molecule has 2 saturated carbocycles. The fraction of sp³-hybridized carbons (Fsp3) is 0.579. The van der Waals surface area contributed by atoms with Crippen molar-refractivity contribution in [2.45, 2.75) is 50.8 Å². The van der Waals surface area contributed by atoms with Gasteiger partial charge in [-0.15, -0.1) is 0 Å². The molecule has 0 heterocycles. The SMILES string of the molecule is CC(Oc1ccc(F)cc1)C(=O)NC1CC(N(CC(=O)O)CC2CC2)C1. The molecule has 1 unspecified atom stereocenters. The molecular weight excluding hydrogens is 339 g/mol. The Morgan fingerprint density at radius 1 is 1.31 bits per heavy atom. The van der Waals surface area contributed by atoms with Crippen molar-refractivity contribution in [3.8, 4) is 5.75 Å². The van der Waals surface area contributed by atoms with E-state index in [4.69, 9.17) is 9.84 Å². The number of amides is 1. The van der Waals surface area contributed by atoms with Crippen LogP contribution in [0.4, 0.5) is 4.39 Å². The zero-order valence-electron chi connectivity index (χ0n) is 14.9. The van der Waals surface area contributed by atoms with Gasteiger partial charge in [0, 0.05) is 18.6 Å². The molecule has 0 bridgehead atoms. The molecule has 1 atom stereocenters. The van der Waals surface area contributed by atoms with Crippen LogP contribution >= 0.6 is 0 Å². The number of nitrogens with zero attached hydrogens (tertiary/aromatic N) is 1. The van der Waals surface area contributed by atoms with Crippen molar-refractivity contribution in [3.05, 3.63) is 30.1 Å². The second-order valence-electron chi connectivity index (χ2n) is 7.31. The van der Waals surface area contributed by atoms with E-state index in [1.807, 2.05) is 4.90 Å². The van der Waals surface area contributed by atoms with Crippen LogP contribution in [0.5, 0.6) is 5.75 Å². The van der Waals surface area contributed by atoms with Crippen molar-refractivity contribution in [1.82, 2.24) is 10.2 Å². The van der Waals surface area contributed by atoms with Crippen LogP contribution in [0.15, 0.2) is 24.3 Å². The number of carboxylic acid groups (broad SMARTS) is 1. The first-order valence-electron chi connectivity index (χ1n) is 9.09. The number of hydrogen-bond donors (Lipinski definition) is 2.